The number of nitrogens with one attached hydrogen (secondary N) is 1. The quantitative estimate of drug-likeness (QED) is 0.759. The molecule has 2 nitrogen and oxygen atoms in total. The molecule has 0 saturated heterocycles. The highest BCUT2D eigenvalue weighted by Crippen LogP contribution is 2.21. The van der Waals surface area contributed by atoms with Crippen molar-refractivity contribution in [1.82, 2.24) is 4.98 Å². The van der Waals surface area contributed by atoms with Crippen molar-refractivity contribution in [2.75, 3.05) is 11.5 Å². The lowest BCUT2D eigenvalue weighted by Gasteiger charge is -2.28. The maximum absolute atomic E-state index is 4.40. The molecule has 90 valence electrons. The van der Waals surface area contributed by atoms with Gasteiger partial charge in [0.15, 0.2) is 0 Å². The van der Waals surface area contributed by atoms with Gasteiger partial charge in [0.2, 0.25) is 0 Å². The van der Waals surface area contributed by atoms with Crippen LogP contribution in [0.1, 0.15) is 26.3 Å². The minimum atomic E-state index is -1.07. The largest absolute Gasteiger partial charge is 0.373 e. The van der Waals surface area contributed by atoms with Crippen LogP contribution in [0.2, 0.25) is 18.1 Å². The van der Waals surface area contributed by atoms with Crippen LogP contribution in [0, 0.1) is 6.92 Å². The molecule has 0 fully saturated rings. The van der Waals surface area contributed by atoms with E-state index >= 15 is 0 Å². The van der Waals surface area contributed by atoms with Gasteiger partial charge in [-0.1, -0.05) is 45.0 Å². The first-order chi connectivity index (χ1) is 7.67. The molecule has 1 N–H and O–H groups in total. The first-order valence-electron chi connectivity index (χ1n) is 6.33. The van der Waals surface area contributed by atoms with Crippen molar-refractivity contribution in [3.8, 4) is 0 Å². The molecule has 1 heterocycles. The number of rotatable bonds is 6. The van der Waals surface area contributed by atoms with Gasteiger partial charge < -0.3 is 5.32 Å². The maximum atomic E-state index is 4.40. The van der Waals surface area contributed by atoms with Crippen LogP contribution in [0.4, 0.5) is 5.82 Å². The molecule has 0 amide bonds. The smallest absolute Gasteiger partial charge is 0.128 e. The topological polar surface area (TPSA) is 24.9 Å². The molecule has 0 spiro atoms. The first kappa shape index (κ1) is 13.2. The molecule has 0 saturated carbocycles. The van der Waals surface area contributed by atoms with Gasteiger partial charge in [0.05, 0.1) is 8.07 Å². The van der Waals surface area contributed by atoms with Crippen LogP contribution in [0.15, 0.2) is 18.3 Å². The lowest BCUT2D eigenvalue weighted by molar-refractivity contribution is 1.11. The number of aromatic nitrogens is 1. The molecular weight excluding hydrogens is 212 g/mol. The van der Waals surface area contributed by atoms with E-state index in [2.05, 4.69) is 44.1 Å². The highest BCUT2D eigenvalue weighted by atomic mass is 28.3. The van der Waals surface area contributed by atoms with Gasteiger partial charge in [-0.05, 0) is 18.6 Å². The number of nitrogens with zero attached hydrogens (tertiary/aromatic N) is 1. The Kier molecular flexibility index (Phi) is 4.99. The lowest BCUT2D eigenvalue weighted by Crippen LogP contribution is -2.40. The fourth-order valence-electron chi connectivity index (χ4n) is 2.07. The first-order valence-corrected chi connectivity index (χ1v) is 9.15. The number of aryl methyl sites for hydroxylation is 1. The van der Waals surface area contributed by atoms with E-state index in [0.717, 1.165) is 12.0 Å². The molecule has 0 aliphatic heterocycles. The highest BCUT2D eigenvalue weighted by Gasteiger charge is 2.26. The van der Waals surface area contributed by atoms with Crippen molar-refractivity contribution >= 4 is 13.9 Å². The van der Waals surface area contributed by atoms with E-state index in [4.69, 9.17) is 0 Å². The number of anilines is 1. The minimum absolute atomic E-state index is 1.06. The average molecular weight is 236 g/mol. The van der Waals surface area contributed by atoms with Gasteiger partial charge >= 0.3 is 0 Å². The van der Waals surface area contributed by atoms with Crippen LogP contribution in [0.3, 0.4) is 0 Å². The summed E-state index contributed by atoms with van der Waals surface area (Å²) in [6.07, 6.45) is 3.02. The molecule has 1 aromatic rings. The molecule has 0 atom stereocenters. The summed E-state index contributed by atoms with van der Waals surface area (Å²) in [5, 5.41) is 3.56. The van der Waals surface area contributed by atoms with E-state index in [-0.39, 0.29) is 0 Å². The van der Waals surface area contributed by atoms with E-state index in [1.807, 2.05) is 12.3 Å². The van der Waals surface area contributed by atoms with E-state index in [9.17, 15) is 0 Å². The predicted molar refractivity (Wildman–Crippen MR) is 74.7 cm³/mol. The molecule has 0 aromatic carbocycles. The predicted octanol–water partition coefficient (Wildman–Crippen LogP) is 3.85. The molecule has 0 aliphatic carbocycles. The average Bonchev–Trinajstić information content (AvgIpc) is 2.34. The van der Waals surface area contributed by atoms with Crippen molar-refractivity contribution in [3.63, 3.8) is 0 Å². The summed E-state index contributed by atoms with van der Waals surface area (Å²) in [5.41, 5.74) is 1.24. The standard InChI is InChI=1S/C13H24N2Si/c1-5-16(6-2,7-3)11-15-13-12(4)9-8-10-14-13/h8-10H,5-7,11H2,1-4H3,(H,14,15). The lowest BCUT2D eigenvalue weighted by atomic mass is 10.3. The van der Waals surface area contributed by atoms with Gasteiger partial charge in [-0.2, -0.15) is 0 Å². The van der Waals surface area contributed by atoms with E-state index in [1.54, 1.807) is 0 Å². The van der Waals surface area contributed by atoms with Gasteiger partial charge in [0, 0.05) is 12.4 Å². The van der Waals surface area contributed by atoms with Gasteiger partial charge in [-0.3, -0.25) is 0 Å². The second-order valence-corrected chi connectivity index (χ2v) is 10.1. The minimum Gasteiger partial charge on any atom is -0.373 e. The van der Waals surface area contributed by atoms with Crippen LogP contribution < -0.4 is 5.32 Å². The van der Waals surface area contributed by atoms with Gasteiger partial charge in [0.25, 0.3) is 0 Å². The zero-order valence-electron chi connectivity index (χ0n) is 11.0. The molecular formula is C13H24N2Si. The van der Waals surface area contributed by atoms with Crippen molar-refractivity contribution in [3.05, 3.63) is 23.9 Å². The number of hydrogen-bond donors (Lipinski definition) is 1. The molecule has 1 rings (SSSR count). The Bertz CT molecular complexity index is 313. The summed E-state index contributed by atoms with van der Waals surface area (Å²) in [7, 11) is -1.07. The second kappa shape index (κ2) is 6.04. The number of pyridine rings is 1. The van der Waals surface area contributed by atoms with E-state index in [0.29, 0.717) is 0 Å². The monoisotopic (exact) mass is 236 g/mol. The Hall–Kier alpha value is -0.833. The summed E-state index contributed by atoms with van der Waals surface area (Å²) in [6, 6.07) is 8.18. The zero-order chi connectivity index (χ0) is 12.0. The molecule has 16 heavy (non-hydrogen) atoms. The molecule has 0 bridgehead atoms. The van der Waals surface area contributed by atoms with Crippen LogP contribution in [0.5, 0.6) is 0 Å². The van der Waals surface area contributed by atoms with Crippen molar-refractivity contribution < 1.29 is 0 Å². The maximum Gasteiger partial charge on any atom is 0.128 e. The highest BCUT2D eigenvalue weighted by molar-refractivity contribution is 6.80. The van der Waals surface area contributed by atoms with Crippen LogP contribution in [-0.2, 0) is 0 Å². The Balaban J connectivity index is 2.66. The van der Waals surface area contributed by atoms with Crippen LogP contribution in [-0.4, -0.2) is 19.2 Å². The van der Waals surface area contributed by atoms with Crippen molar-refractivity contribution in [2.24, 2.45) is 0 Å². The summed E-state index contributed by atoms with van der Waals surface area (Å²) in [4.78, 5) is 4.40. The molecule has 0 unspecified atom stereocenters. The Morgan fingerprint density at radius 2 is 1.81 bits per heavy atom. The van der Waals surface area contributed by atoms with Gasteiger partial charge in [0.1, 0.15) is 5.82 Å². The second-order valence-electron chi connectivity index (χ2n) is 4.58. The van der Waals surface area contributed by atoms with E-state index < -0.39 is 8.07 Å². The Morgan fingerprint density at radius 3 is 2.31 bits per heavy atom. The van der Waals surface area contributed by atoms with Crippen molar-refractivity contribution in [2.45, 2.75) is 45.8 Å². The van der Waals surface area contributed by atoms with Crippen LogP contribution in [0.25, 0.3) is 0 Å². The fourth-order valence-corrected chi connectivity index (χ4v) is 4.86. The summed E-state index contributed by atoms with van der Waals surface area (Å²) in [5.74, 6) is 1.06. The third-order valence-electron chi connectivity index (χ3n) is 3.89. The zero-order valence-corrected chi connectivity index (χ0v) is 12.0. The third-order valence-corrected chi connectivity index (χ3v) is 9.32. The third kappa shape index (κ3) is 3.08. The van der Waals surface area contributed by atoms with E-state index in [1.165, 1.54) is 23.7 Å². The Morgan fingerprint density at radius 1 is 1.19 bits per heavy atom. The van der Waals surface area contributed by atoms with Crippen molar-refractivity contribution in [1.29, 1.82) is 0 Å². The number of hydrogen-bond acceptors (Lipinski definition) is 2. The fraction of sp³-hybridized carbons (Fsp3) is 0.615. The molecule has 0 aliphatic rings. The molecule has 0 radical (unpaired) electrons. The van der Waals surface area contributed by atoms with Gasteiger partial charge in [-0.15, -0.1) is 0 Å². The van der Waals surface area contributed by atoms with Crippen LogP contribution >= 0.6 is 0 Å². The molecule has 1 aromatic heterocycles. The summed E-state index contributed by atoms with van der Waals surface area (Å²) < 4.78 is 0. The Labute approximate surface area is 101 Å². The SMILES string of the molecule is CC[Si](CC)(CC)CNc1ncccc1C. The normalized spacial score (nSPS) is 11.5. The van der Waals surface area contributed by atoms with Gasteiger partial charge in [-0.25, -0.2) is 4.98 Å². The molecule has 3 heteroatoms. The summed E-state index contributed by atoms with van der Waals surface area (Å²) in [6.45, 7) is 9.13. The summed E-state index contributed by atoms with van der Waals surface area (Å²) >= 11 is 0.